The van der Waals surface area contributed by atoms with E-state index in [2.05, 4.69) is 15.6 Å². The fourth-order valence-corrected chi connectivity index (χ4v) is 2.96. The zero-order valence-corrected chi connectivity index (χ0v) is 16.5. The molecule has 29 heavy (non-hydrogen) atoms. The Hall–Kier alpha value is -3.51. The van der Waals surface area contributed by atoms with E-state index in [1.165, 1.54) is 6.20 Å². The van der Waals surface area contributed by atoms with Gasteiger partial charge in [0.1, 0.15) is 0 Å². The Morgan fingerprint density at radius 2 is 1.69 bits per heavy atom. The summed E-state index contributed by atoms with van der Waals surface area (Å²) >= 11 is 0. The van der Waals surface area contributed by atoms with Crippen LogP contribution in [0.25, 0.3) is 0 Å². The van der Waals surface area contributed by atoms with Gasteiger partial charge in [-0.05, 0) is 50.0 Å². The minimum absolute atomic E-state index is 0.146. The van der Waals surface area contributed by atoms with Crippen LogP contribution >= 0.6 is 0 Å². The Kier molecular flexibility index (Phi) is 6.71. The van der Waals surface area contributed by atoms with Crippen LogP contribution in [0.15, 0.2) is 79.1 Å². The number of amides is 2. The summed E-state index contributed by atoms with van der Waals surface area (Å²) in [5.41, 5.74) is 2.53. The number of nitrogens with zero attached hydrogens (tertiary/aromatic N) is 2. The zero-order valence-electron chi connectivity index (χ0n) is 16.5. The number of rotatable bonds is 7. The lowest BCUT2D eigenvalue weighted by Crippen LogP contribution is -2.35. The lowest BCUT2D eigenvalue weighted by atomic mass is 10.1. The van der Waals surface area contributed by atoms with E-state index in [4.69, 9.17) is 0 Å². The highest BCUT2D eigenvalue weighted by Gasteiger charge is 2.17. The van der Waals surface area contributed by atoms with Crippen LogP contribution in [0, 0.1) is 0 Å². The number of aromatic nitrogens is 1. The van der Waals surface area contributed by atoms with E-state index in [1.54, 1.807) is 42.6 Å². The predicted octanol–water partition coefficient (Wildman–Crippen LogP) is 3.37. The molecule has 6 nitrogen and oxygen atoms in total. The maximum Gasteiger partial charge on any atom is 0.257 e. The van der Waals surface area contributed by atoms with Crippen molar-refractivity contribution >= 4 is 17.5 Å². The molecular weight excluding hydrogens is 364 g/mol. The smallest absolute Gasteiger partial charge is 0.257 e. The third-order valence-corrected chi connectivity index (χ3v) is 4.36. The van der Waals surface area contributed by atoms with Crippen LogP contribution in [0.3, 0.4) is 0 Å². The fraction of sp³-hybridized carbons (Fsp3) is 0.174. The summed E-state index contributed by atoms with van der Waals surface area (Å²) in [5.74, 6) is -0.469. The molecule has 0 aliphatic heterocycles. The lowest BCUT2D eigenvalue weighted by molar-refractivity contribution is 0.0929. The van der Waals surface area contributed by atoms with Crippen LogP contribution in [-0.2, 0) is 0 Å². The first-order valence-electron chi connectivity index (χ1n) is 9.35. The van der Waals surface area contributed by atoms with E-state index in [0.717, 1.165) is 5.56 Å². The summed E-state index contributed by atoms with van der Waals surface area (Å²) in [6.07, 6.45) is 3.11. The van der Waals surface area contributed by atoms with Gasteiger partial charge in [0, 0.05) is 30.2 Å². The molecule has 3 aromatic rings. The van der Waals surface area contributed by atoms with Gasteiger partial charge in [-0.15, -0.1) is 0 Å². The molecule has 0 radical (unpaired) electrons. The molecule has 1 atom stereocenters. The van der Waals surface area contributed by atoms with E-state index < -0.39 is 0 Å². The van der Waals surface area contributed by atoms with Crippen molar-refractivity contribution in [2.24, 2.45) is 0 Å². The SMILES string of the molecule is CN(C)CC(NC(=O)c1cccc(NC(=O)c2cccnc2)c1)c1ccccc1. The quantitative estimate of drug-likeness (QED) is 0.651. The molecule has 0 saturated heterocycles. The summed E-state index contributed by atoms with van der Waals surface area (Å²) in [7, 11) is 3.94. The molecule has 2 N–H and O–H groups in total. The maximum absolute atomic E-state index is 12.9. The number of hydrogen-bond donors (Lipinski definition) is 2. The molecule has 2 amide bonds. The van der Waals surface area contributed by atoms with Crippen molar-refractivity contribution in [2.45, 2.75) is 6.04 Å². The van der Waals surface area contributed by atoms with Crippen molar-refractivity contribution in [3.63, 3.8) is 0 Å². The average molecular weight is 388 g/mol. The van der Waals surface area contributed by atoms with Gasteiger partial charge in [-0.1, -0.05) is 36.4 Å². The van der Waals surface area contributed by atoms with Gasteiger partial charge >= 0.3 is 0 Å². The number of carbonyl (C=O) groups excluding carboxylic acids is 2. The predicted molar refractivity (Wildman–Crippen MR) is 114 cm³/mol. The van der Waals surface area contributed by atoms with Crippen molar-refractivity contribution in [3.05, 3.63) is 95.8 Å². The Bertz CT molecular complexity index is 959. The van der Waals surface area contributed by atoms with Crippen LogP contribution in [-0.4, -0.2) is 42.3 Å². The number of hydrogen-bond acceptors (Lipinski definition) is 4. The van der Waals surface area contributed by atoms with Crippen LogP contribution in [0.4, 0.5) is 5.69 Å². The number of likely N-dealkylation sites (N-methyl/N-ethyl adjacent to an activating group) is 1. The molecule has 1 heterocycles. The number of nitrogens with one attached hydrogen (secondary N) is 2. The van der Waals surface area contributed by atoms with Gasteiger partial charge in [0.15, 0.2) is 0 Å². The summed E-state index contributed by atoms with van der Waals surface area (Å²) in [6, 6.07) is 20.0. The summed E-state index contributed by atoms with van der Waals surface area (Å²) in [4.78, 5) is 31.2. The molecule has 1 aromatic heterocycles. The first-order chi connectivity index (χ1) is 14.0. The van der Waals surface area contributed by atoms with Crippen LogP contribution in [0.1, 0.15) is 32.3 Å². The van der Waals surface area contributed by atoms with Crippen molar-refractivity contribution in [1.82, 2.24) is 15.2 Å². The summed E-state index contributed by atoms with van der Waals surface area (Å²) < 4.78 is 0. The summed E-state index contributed by atoms with van der Waals surface area (Å²) in [5, 5.41) is 5.89. The molecule has 0 aliphatic carbocycles. The molecule has 0 aliphatic rings. The minimum atomic E-state index is -0.273. The van der Waals surface area contributed by atoms with Gasteiger partial charge in [0.25, 0.3) is 11.8 Å². The molecular formula is C23H24N4O2. The number of pyridine rings is 1. The van der Waals surface area contributed by atoms with Gasteiger partial charge in [0.05, 0.1) is 11.6 Å². The van der Waals surface area contributed by atoms with Gasteiger partial charge in [-0.25, -0.2) is 0 Å². The molecule has 2 aromatic carbocycles. The zero-order chi connectivity index (χ0) is 20.6. The molecule has 148 valence electrons. The number of carbonyl (C=O) groups is 2. The molecule has 3 rings (SSSR count). The Balaban J connectivity index is 1.73. The van der Waals surface area contributed by atoms with Crippen molar-refractivity contribution in [2.75, 3.05) is 26.0 Å². The standard InChI is InChI=1S/C23H24N4O2/c1-27(2)16-21(17-8-4-3-5-9-17)26-22(28)18-10-6-12-20(14-18)25-23(29)19-11-7-13-24-15-19/h3-15,21H,16H2,1-2H3,(H,25,29)(H,26,28). The second-order valence-electron chi connectivity index (χ2n) is 6.98. The Labute approximate surface area is 170 Å². The minimum Gasteiger partial charge on any atom is -0.344 e. The Morgan fingerprint density at radius 1 is 0.931 bits per heavy atom. The third kappa shape index (κ3) is 5.73. The second-order valence-corrected chi connectivity index (χ2v) is 6.98. The van der Waals surface area contributed by atoms with Crippen LogP contribution in [0.2, 0.25) is 0 Å². The van der Waals surface area contributed by atoms with Crippen molar-refractivity contribution < 1.29 is 9.59 Å². The van der Waals surface area contributed by atoms with Crippen LogP contribution in [0.5, 0.6) is 0 Å². The molecule has 0 saturated carbocycles. The molecule has 0 fully saturated rings. The molecule has 0 spiro atoms. The van der Waals surface area contributed by atoms with E-state index in [0.29, 0.717) is 23.4 Å². The van der Waals surface area contributed by atoms with Crippen molar-refractivity contribution in [1.29, 1.82) is 0 Å². The van der Waals surface area contributed by atoms with E-state index in [1.807, 2.05) is 49.3 Å². The van der Waals surface area contributed by atoms with Gasteiger partial charge < -0.3 is 15.5 Å². The van der Waals surface area contributed by atoms with Crippen molar-refractivity contribution in [3.8, 4) is 0 Å². The second kappa shape index (κ2) is 9.61. The largest absolute Gasteiger partial charge is 0.344 e. The summed E-state index contributed by atoms with van der Waals surface area (Å²) in [6.45, 7) is 0.674. The van der Waals surface area contributed by atoms with Gasteiger partial charge in [-0.2, -0.15) is 0 Å². The number of anilines is 1. The Morgan fingerprint density at radius 3 is 2.38 bits per heavy atom. The average Bonchev–Trinajstić information content (AvgIpc) is 2.74. The highest BCUT2D eigenvalue weighted by molar-refractivity contribution is 6.05. The van der Waals surface area contributed by atoms with Gasteiger partial charge in [0.2, 0.25) is 0 Å². The first kappa shape index (κ1) is 20.2. The molecule has 6 heteroatoms. The topological polar surface area (TPSA) is 74.3 Å². The molecule has 0 bridgehead atoms. The van der Waals surface area contributed by atoms with Crippen LogP contribution < -0.4 is 10.6 Å². The third-order valence-electron chi connectivity index (χ3n) is 4.36. The first-order valence-corrected chi connectivity index (χ1v) is 9.35. The number of benzene rings is 2. The van der Waals surface area contributed by atoms with Gasteiger partial charge in [-0.3, -0.25) is 14.6 Å². The lowest BCUT2D eigenvalue weighted by Gasteiger charge is -2.23. The highest BCUT2D eigenvalue weighted by Crippen LogP contribution is 2.16. The normalized spacial score (nSPS) is 11.7. The van der Waals surface area contributed by atoms with E-state index in [9.17, 15) is 9.59 Å². The fourth-order valence-electron chi connectivity index (χ4n) is 2.96. The highest BCUT2D eigenvalue weighted by atomic mass is 16.2. The monoisotopic (exact) mass is 388 g/mol. The van der Waals surface area contributed by atoms with E-state index in [-0.39, 0.29) is 17.9 Å². The maximum atomic E-state index is 12.9. The molecule has 1 unspecified atom stereocenters. The van der Waals surface area contributed by atoms with E-state index >= 15 is 0 Å².